The molecule has 0 N–H and O–H groups in total. The van der Waals surface area contributed by atoms with E-state index < -0.39 is 0 Å². The first-order chi connectivity index (χ1) is 12.3. The zero-order valence-electron chi connectivity index (χ0n) is 15.7. The smallest absolute Gasteiger partial charge is 0.119 e. The van der Waals surface area contributed by atoms with Crippen molar-refractivity contribution in [1.82, 2.24) is 0 Å². The molecule has 0 radical (unpaired) electrons. The van der Waals surface area contributed by atoms with Gasteiger partial charge in [0, 0.05) is 11.5 Å². The second kappa shape index (κ2) is 11.4. The highest BCUT2D eigenvalue weighted by Gasteiger charge is 2.18. The maximum absolute atomic E-state index is 5.42. The Morgan fingerprint density at radius 2 is 1.72 bits per heavy atom. The zero-order chi connectivity index (χ0) is 17.7. The fourth-order valence-corrected chi connectivity index (χ4v) is 3.26. The van der Waals surface area contributed by atoms with Gasteiger partial charge in [0.1, 0.15) is 5.75 Å². The summed E-state index contributed by atoms with van der Waals surface area (Å²) in [5, 5.41) is 0. The Bertz CT molecular complexity index is 637. The molecule has 0 atom stereocenters. The molecule has 25 heavy (non-hydrogen) atoms. The zero-order valence-corrected chi connectivity index (χ0v) is 15.7. The molecule has 0 amide bonds. The van der Waals surface area contributed by atoms with Crippen LogP contribution in [0, 0.1) is 35.5 Å². The molecule has 1 aliphatic carbocycles. The van der Waals surface area contributed by atoms with Crippen molar-refractivity contribution >= 4 is 0 Å². The fourth-order valence-electron chi connectivity index (χ4n) is 3.26. The van der Waals surface area contributed by atoms with Crippen molar-refractivity contribution in [1.29, 1.82) is 0 Å². The lowest BCUT2D eigenvalue weighted by Crippen LogP contribution is -2.13. The second-order valence-corrected chi connectivity index (χ2v) is 6.71. The molecule has 1 heteroatoms. The van der Waals surface area contributed by atoms with Crippen LogP contribution in [0.3, 0.4) is 0 Å². The summed E-state index contributed by atoms with van der Waals surface area (Å²) in [6, 6.07) is 7.87. The molecule has 0 unspecified atom stereocenters. The number of benzene rings is 1. The molecule has 0 saturated heterocycles. The molecule has 0 aromatic heterocycles. The van der Waals surface area contributed by atoms with Gasteiger partial charge >= 0.3 is 0 Å². The first-order valence-corrected chi connectivity index (χ1v) is 9.72. The van der Waals surface area contributed by atoms with E-state index in [9.17, 15) is 0 Å². The monoisotopic (exact) mass is 334 g/mol. The number of hydrogen-bond donors (Lipinski definition) is 0. The molecule has 1 nitrogen and oxygen atoms in total. The predicted molar refractivity (Wildman–Crippen MR) is 106 cm³/mol. The molecule has 0 spiro atoms. The van der Waals surface area contributed by atoms with Crippen LogP contribution in [-0.4, -0.2) is 6.61 Å². The first kappa shape index (κ1) is 19.2. The number of unbranched alkanes of at least 4 members (excludes halogenated alkanes) is 1. The molecule has 0 bridgehead atoms. The molecule has 1 fully saturated rings. The third-order valence-electron chi connectivity index (χ3n) is 4.73. The largest absolute Gasteiger partial charge is 0.494 e. The van der Waals surface area contributed by atoms with Crippen LogP contribution in [0.5, 0.6) is 5.75 Å². The van der Waals surface area contributed by atoms with Crippen molar-refractivity contribution < 1.29 is 4.74 Å². The highest BCUT2D eigenvalue weighted by molar-refractivity contribution is 5.40. The van der Waals surface area contributed by atoms with E-state index in [0.29, 0.717) is 12.5 Å². The lowest BCUT2D eigenvalue weighted by atomic mass is 9.80. The van der Waals surface area contributed by atoms with E-state index in [1.807, 2.05) is 43.3 Å². The Morgan fingerprint density at radius 1 is 1.00 bits per heavy atom. The second-order valence-electron chi connectivity index (χ2n) is 6.71. The van der Waals surface area contributed by atoms with Gasteiger partial charge in [-0.15, -0.1) is 0 Å². The van der Waals surface area contributed by atoms with Crippen molar-refractivity contribution in [3.8, 4) is 29.4 Å². The van der Waals surface area contributed by atoms with E-state index in [1.165, 1.54) is 44.9 Å². The molecule has 1 aromatic carbocycles. The number of hydrogen-bond acceptors (Lipinski definition) is 1. The minimum Gasteiger partial charge on any atom is -0.494 e. The molecule has 0 heterocycles. The van der Waals surface area contributed by atoms with Gasteiger partial charge < -0.3 is 4.74 Å². The van der Waals surface area contributed by atoms with Crippen LogP contribution < -0.4 is 4.74 Å². The quantitative estimate of drug-likeness (QED) is 0.601. The fraction of sp³-hybridized carbons (Fsp3) is 0.500. The van der Waals surface area contributed by atoms with Crippen LogP contribution in [-0.2, 0) is 0 Å². The summed E-state index contributed by atoms with van der Waals surface area (Å²) in [5.74, 6) is 15.2. The summed E-state index contributed by atoms with van der Waals surface area (Å²) >= 11 is 0. The molecule has 1 saturated carbocycles. The van der Waals surface area contributed by atoms with Crippen LogP contribution in [0.4, 0.5) is 0 Å². The van der Waals surface area contributed by atoms with Crippen LogP contribution in [0.15, 0.2) is 36.4 Å². The van der Waals surface area contributed by atoms with Crippen LogP contribution in [0.2, 0.25) is 0 Å². The summed E-state index contributed by atoms with van der Waals surface area (Å²) in [5.41, 5.74) is 0.992. The normalized spacial score (nSPS) is 19.6. The highest BCUT2D eigenvalue weighted by Crippen LogP contribution is 2.31. The van der Waals surface area contributed by atoms with E-state index in [0.717, 1.165) is 17.2 Å². The van der Waals surface area contributed by atoms with Gasteiger partial charge in [-0.3, -0.25) is 0 Å². The van der Waals surface area contributed by atoms with Gasteiger partial charge in [-0.1, -0.05) is 49.9 Å². The molecule has 0 aliphatic heterocycles. The summed E-state index contributed by atoms with van der Waals surface area (Å²) in [6.45, 7) is 4.95. The maximum atomic E-state index is 5.42. The average Bonchev–Trinajstić information content (AvgIpc) is 2.65. The van der Waals surface area contributed by atoms with Crippen molar-refractivity contribution in [2.45, 2.75) is 58.8 Å². The average molecular weight is 335 g/mol. The van der Waals surface area contributed by atoms with E-state index >= 15 is 0 Å². The predicted octanol–water partition coefficient (Wildman–Crippen LogP) is 5.99. The Kier molecular flexibility index (Phi) is 8.79. The van der Waals surface area contributed by atoms with Gasteiger partial charge in [0.05, 0.1) is 6.61 Å². The van der Waals surface area contributed by atoms with Crippen molar-refractivity contribution in [3.05, 3.63) is 42.0 Å². The molecular formula is C24H30O. The van der Waals surface area contributed by atoms with Crippen LogP contribution >= 0.6 is 0 Å². The van der Waals surface area contributed by atoms with Crippen molar-refractivity contribution in [2.75, 3.05) is 6.61 Å². The molecule has 132 valence electrons. The Labute approximate surface area is 153 Å². The third kappa shape index (κ3) is 7.53. The first-order valence-electron chi connectivity index (χ1n) is 9.72. The summed E-state index contributed by atoms with van der Waals surface area (Å²) in [6.07, 6.45) is 13.1. The Hall–Kier alpha value is -2.12. The standard InChI is InChI=1S/C24H30O/c1-3-5-10-21-13-15-22(16-14-21)11-8-6-7-9-12-23-17-19-24(20-18-23)25-4-2/h6-7,17-22H,3-5,10,13-16H2,1-2H3. The van der Waals surface area contributed by atoms with E-state index in [1.54, 1.807) is 0 Å². The van der Waals surface area contributed by atoms with Gasteiger partial charge in [-0.25, -0.2) is 0 Å². The van der Waals surface area contributed by atoms with Gasteiger partial charge in [0.2, 0.25) is 0 Å². The lowest BCUT2D eigenvalue weighted by Gasteiger charge is -2.25. The lowest BCUT2D eigenvalue weighted by molar-refractivity contribution is 0.296. The van der Waals surface area contributed by atoms with Crippen molar-refractivity contribution in [2.24, 2.45) is 11.8 Å². The van der Waals surface area contributed by atoms with E-state index in [4.69, 9.17) is 4.74 Å². The van der Waals surface area contributed by atoms with Gasteiger partial charge in [0.25, 0.3) is 0 Å². The summed E-state index contributed by atoms with van der Waals surface area (Å²) < 4.78 is 5.42. The Morgan fingerprint density at radius 3 is 2.40 bits per heavy atom. The third-order valence-corrected chi connectivity index (χ3v) is 4.73. The van der Waals surface area contributed by atoms with Crippen LogP contribution in [0.1, 0.15) is 64.4 Å². The van der Waals surface area contributed by atoms with Crippen LogP contribution in [0.25, 0.3) is 0 Å². The van der Waals surface area contributed by atoms with E-state index in [-0.39, 0.29) is 0 Å². The van der Waals surface area contributed by atoms with Gasteiger partial charge in [0.15, 0.2) is 0 Å². The molecule has 2 rings (SSSR count). The highest BCUT2D eigenvalue weighted by atomic mass is 16.5. The minimum absolute atomic E-state index is 0.585. The molecular weight excluding hydrogens is 304 g/mol. The van der Waals surface area contributed by atoms with Gasteiger partial charge in [-0.05, 0) is 74.9 Å². The number of rotatable bonds is 5. The number of ether oxygens (including phenoxy) is 1. The maximum Gasteiger partial charge on any atom is 0.119 e. The summed E-state index contributed by atoms with van der Waals surface area (Å²) in [7, 11) is 0. The molecule has 1 aromatic rings. The minimum atomic E-state index is 0.585. The van der Waals surface area contributed by atoms with Gasteiger partial charge in [-0.2, -0.15) is 0 Å². The number of allylic oxidation sites excluding steroid dienone is 2. The summed E-state index contributed by atoms with van der Waals surface area (Å²) in [4.78, 5) is 0. The molecule has 1 aliphatic rings. The van der Waals surface area contributed by atoms with E-state index in [2.05, 4.69) is 30.6 Å². The SMILES string of the molecule is CCCCC1CCC(C#CC=CC#Cc2ccc(OCC)cc2)CC1. The Balaban J connectivity index is 1.73. The van der Waals surface area contributed by atoms with Crippen molar-refractivity contribution in [3.63, 3.8) is 0 Å². The topological polar surface area (TPSA) is 9.23 Å².